The summed E-state index contributed by atoms with van der Waals surface area (Å²) < 4.78 is 0. The van der Waals surface area contributed by atoms with Crippen LogP contribution >= 0.6 is 0 Å². The van der Waals surface area contributed by atoms with E-state index in [1.165, 1.54) is 6.92 Å². The van der Waals surface area contributed by atoms with Crippen LogP contribution in [0.4, 0.5) is 0 Å². The van der Waals surface area contributed by atoms with E-state index >= 15 is 0 Å². The van der Waals surface area contributed by atoms with Crippen molar-refractivity contribution in [2.24, 2.45) is 5.16 Å². The molecule has 3 nitrogen and oxygen atoms in total. The van der Waals surface area contributed by atoms with Gasteiger partial charge in [-0.25, -0.2) is 0 Å². The van der Waals surface area contributed by atoms with E-state index in [2.05, 4.69) is 11.7 Å². The van der Waals surface area contributed by atoms with Gasteiger partial charge in [0, 0.05) is 13.3 Å². The molecule has 0 aromatic rings. The van der Waals surface area contributed by atoms with Crippen molar-refractivity contribution in [3.63, 3.8) is 0 Å². The Bertz CT molecular complexity index is 312. The summed E-state index contributed by atoms with van der Waals surface area (Å²) >= 11 is 0. The quantitative estimate of drug-likeness (QED) is 0.247. The summed E-state index contributed by atoms with van der Waals surface area (Å²) in [5.74, 6) is 0. The molecule has 0 radical (unpaired) electrons. The van der Waals surface area contributed by atoms with Crippen LogP contribution in [0.5, 0.6) is 0 Å². The Morgan fingerprint density at radius 2 is 2.12 bits per heavy atom. The zero-order valence-corrected chi connectivity index (χ0v) is 10.5. The highest BCUT2D eigenvalue weighted by atomic mass is 16.7. The summed E-state index contributed by atoms with van der Waals surface area (Å²) in [5.41, 5.74) is 2.83. The molecular weight excluding hydrogens is 202 g/mol. The van der Waals surface area contributed by atoms with Crippen LogP contribution in [0.2, 0.25) is 0 Å². The summed E-state index contributed by atoms with van der Waals surface area (Å²) in [4.78, 5) is 4.82. The van der Waals surface area contributed by atoms with Gasteiger partial charge in [0.1, 0.15) is 0 Å². The maximum atomic E-state index is 8.99. The van der Waals surface area contributed by atoms with E-state index in [1.54, 1.807) is 0 Å². The largest absolute Gasteiger partial charge is 0.364 e. The van der Waals surface area contributed by atoms with Gasteiger partial charge in [0.2, 0.25) is 6.29 Å². The smallest absolute Gasteiger partial charge is 0.221 e. The molecule has 0 aliphatic heterocycles. The van der Waals surface area contributed by atoms with E-state index in [0.717, 1.165) is 16.9 Å². The highest BCUT2D eigenvalue weighted by molar-refractivity contribution is 5.96. The molecule has 3 heteroatoms. The molecule has 0 spiro atoms. The molecule has 0 aliphatic rings. The van der Waals surface area contributed by atoms with Gasteiger partial charge in [-0.3, -0.25) is 0 Å². The standard InChI is InChI=1S/C13H21NO2/c1-6-7-11(4)9-13(8-10(2)3)14-16-12(5)15/h6-7,9,12,15H,2,8H2,1,3-5H3/b7-6+,11-9-,14-13?. The molecule has 1 unspecified atom stereocenters. The van der Waals surface area contributed by atoms with E-state index in [9.17, 15) is 0 Å². The van der Waals surface area contributed by atoms with Crippen LogP contribution in [0.3, 0.4) is 0 Å². The van der Waals surface area contributed by atoms with E-state index in [4.69, 9.17) is 9.94 Å². The minimum Gasteiger partial charge on any atom is -0.364 e. The normalized spacial score (nSPS) is 15.3. The first-order chi connectivity index (χ1) is 7.45. The fourth-order valence-corrected chi connectivity index (χ4v) is 1.14. The number of rotatable bonds is 6. The maximum absolute atomic E-state index is 8.99. The third-order valence-electron chi connectivity index (χ3n) is 1.63. The van der Waals surface area contributed by atoms with E-state index in [0.29, 0.717) is 6.42 Å². The molecular formula is C13H21NO2. The molecule has 1 atom stereocenters. The van der Waals surface area contributed by atoms with Crippen molar-refractivity contribution in [3.05, 3.63) is 36.0 Å². The van der Waals surface area contributed by atoms with Crippen LogP contribution in [-0.2, 0) is 4.84 Å². The lowest BCUT2D eigenvalue weighted by molar-refractivity contribution is -0.0837. The van der Waals surface area contributed by atoms with Gasteiger partial charge in [-0.2, -0.15) is 0 Å². The third kappa shape index (κ3) is 8.00. The summed E-state index contributed by atoms with van der Waals surface area (Å²) in [7, 11) is 0. The lowest BCUT2D eigenvalue weighted by Gasteiger charge is -2.05. The molecule has 0 aromatic heterocycles. The monoisotopic (exact) mass is 223 g/mol. The minimum absolute atomic E-state index is 0.640. The molecule has 0 saturated carbocycles. The van der Waals surface area contributed by atoms with E-state index in [1.807, 2.05) is 39.0 Å². The number of aliphatic hydroxyl groups excluding tert-OH is 1. The number of aliphatic hydroxyl groups is 1. The molecule has 90 valence electrons. The maximum Gasteiger partial charge on any atom is 0.221 e. The zero-order valence-electron chi connectivity index (χ0n) is 10.5. The van der Waals surface area contributed by atoms with Crippen molar-refractivity contribution < 1.29 is 9.94 Å². The van der Waals surface area contributed by atoms with Gasteiger partial charge in [-0.15, -0.1) is 0 Å². The fraction of sp³-hybridized carbons (Fsp3) is 0.462. The Morgan fingerprint density at radius 1 is 1.50 bits per heavy atom. The minimum atomic E-state index is -0.893. The average molecular weight is 223 g/mol. The number of allylic oxidation sites excluding steroid dienone is 5. The van der Waals surface area contributed by atoms with Crippen LogP contribution in [0.15, 0.2) is 41.1 Å². The van der Waals surface area contributed by atoms with E-state index in [-0.39, 0.29) is 0 Å². The summed E-state index contributed by atoms with van der Waals surface area (Å²) in [6, 6.07) is 0. The first kappa shape index (κ1) is 14.6. The van der Waals surface area contributed by atoms with Crippen molar-refractivity contribution in [1.29, 1.82) is 0 Å². The van der Waals surface area contributed by atoms with Crippen molar-refractivity contribution in [1.82, 2.24) is 0 Å². The molecule has 0 bridgehead atoms. The zero-order chi connectivity index (χ0) is 12.6. The Balaban J connectivity index is 4.73. The average Bonchev–Trinajstić information content (AvgIpc) is 2.13. The lowest BCUT2D eigenvalue weighted by atomic mass is 10.1. The summed E-state index contributed by atoms with van der Waals surface area (Å²) in [6.45, 7) is 11.2. The van der Waals surface area contributed by atoms with E-state index < -0.39 is 6.29 Å². The highest BCUT2D eigenvalue weighted by Gasteiger charge is 1.99. The SMILES string of the molecule is C=C(C)CC(/C=C(C)\C=C\C)=NOC(C)O. The fourth-order valence-electron chi connectivity index (χ4n) is 1.14. The van der Waals surface area contributed by atoms with Crippen molar-refractivity contribution in [2.75, 3.05) is 0 Å². The summed E-state index contributed by atoms with van der Waals surface area (Å²) in [5, 5.41) is 12.9. The van der Waals surface area contributed by atoms with Gasteiger partial charge >= 0.3 is 0 Å². The van der Waals surface area contributed by atoms with Gasteiger partial charge in [0.05, 0.1) is 5.71 Å². The molecule has 1 N–H and O–H groups in total. The first-order valence-corrected chi connectivity index (χ1v) is 5.31. The molecule has 0 fully saturated rings. The van der Waals surface area contributed by atoms with Crippen molar-refractivity contribution in [2.45, 2.75) is 40.4 Å². The second-order valence-electron chi connectivity index (χ2n) is 3.81. The summed E-state index contributed by atoms with van der Waals surface area (Å²) in [6.07, 6.45) is 5.60. The predicted octanol–water partition coefficient (Wildman–Crippen LogP) is 3.19. The van der Waals surface area contributed by atoms with Gasteiger partial charge in [-0.1, -0.05) is 29.5 Å². The second kappa shape index (κ2) is 7.88. The Morgan fingerprint density at radius 3 is 2.56 bits per heavy atom. The number of hydrogen-bond donors (Lipinski definition) is 1. The first-order valence-electron chi connectivity index (χ1n) is 5.31. The van der Waals surface area contributed by atoms with Crippen molar-refractivity contribution >= 4 is 5.71 Å². The van der Waals surface area contributed by atoms with Crippen molar-refractivity contribution in [3.8, 4) is 0 Å². The van der Waals surface area contributed by atoms with Gasteiger partial charge in [-0.05, 0) is 32.4 Å². The van der Waals surface area contributed by atoms with Crippen LogP contribution in [-0.4, -0.2) is 17.1 Å². The van der Waals surface area contributed by atoms with Crippen LogP contribution in [0.1, 0.15) is 34.1 Å². The Kier molecular flexibility index (Phi) is 7.21. The molecule has 0 heterocycles. The number of oxime groups is 1. The third-order valence-corrected chi connectivity index (χ3v) is 1.63. The predicted molar refractivity (Wildman–Crippen MR) is 68.2 cm³/mol. The van der Waals surface area contributed by atoms with Gasteiger partial charge in [0.15, 0.2) is 0 Å². The molecule has 16 heavy (non-hydrogen) atoms. The molecule has 0 amide bonds. The van der Waals surface area contributed by atoms with Gasteiger partial charge in [0.25, 0.3) is 0 Å². The number of hydrogen-bond acceptors (Lipinski definition) is 3. The van der Waals surface area contributed by atoms with Gasteiger partial charge < -0.3 is 9.94 Å². The highest BCUT2D eigenvalue weighted by Crippen LogP contribution is 2.05. The Labute approximate surface area is 97.8 Å². The molecule has 0 saturated heterocycles. The van der Waals surface area contributed by atoms with Crippen LogP contribution < -0.4 is 0 Å². The van der Waals surface area contributed by atoms with Crippen LogP contribution in [0, 0.1) is 0 Å². The second-order valence-corrected chi connectivity index (χ2v) is 3.81. The molecule has 0 rings (SSSR count). The molecule has 0 aromatic carbocycles. The molecule has 0 aliphatic carbocycles. The number of nitrogens with zero attached hydrogens (tertiary/aromatic N) is 1. The lowest BCUT2D eigenvalue weighted by Crippen LogP contribution is -2.05. The van der Waals surface area contributed by atoms with Crippen LogP contribution in [0.25, 0.3) is 0 Å². The Hall–Kier alpha value is -1.35. The topological polar surface area (TPSA) is 41.8 Å².